The fraction of sp³-hybridized carbons (Fsp3) is 0.867. The molecular formula is C15H25N3O2. The zero-order chi connectivity index (χ0) is 14.3. The Morgan fingerprint density at radius 3 is 2.45 bits per heavy atom. The molecule has 5 nitrogen and oxygen atoms in total. The predicted molar refractivity (Wildman–Crippen MR) is 76.1 cm³/mol. The molecule has 5 heteroatoms. The highest BCUT2D eigenvalue weighted by Gasteiger charge is 2.41. The summed E-state index contributed by atoms with van der Waals surface area (Å²) in [5.41, 5.74) is 0. The number of carbonyl (C=O) groups is 2. The Bertz CT molecular complexity index is 394. The number of piperidine rings is 2. The largest absolute Gasteiger partial charge is 0.340 e. The summed E-state index contributed by atoms with van der Waals surface area (Å²) in [6.45, 7) is 6.56. The molecule has 0 N–H and O–H groups in total. The number of nitrogens with zero attached hydrogens (tertiary/aromatic N) is 3. The fourth-order valence-electron chi connectivity index (χ4n) is 4.32. The summed E-state index contributed by atoms with van der Waals surface area (Å²) in [6, 6.07) is -0.191. The zero-order valence-electron chi connectivity index (χ0n) is 12.5. The summed E-state index contributed by atoms with van der Waals surface area (Å²) in [5.74, 6) is 1.56. The molecule has 3 aliphatic rings. The maximum Gasteiger partial charge on any atom is 0.245 e. The number of fused-ring (bicyclic) bond motifs is 2. The molecule has 0 spiro atoms. The molecule has 3 fully saturated rings. The molecule has 3 atom stereocenters. The monoisotopic (exact) mass is 279 g/mol. The minimum atomic E-state index is -0.191. The third-order valence-electron chi connectivity index (χ3n) is 5.03. The van der Waals surface area contributed by atoms with Crippen LogP contribution in [0.5, 0.6) is 0 Å². The van der Waals surface area contributed by atoms with Gasteiger partial charge in [-0.2, -0.15) is 0 Å². The highest BCUT2D eigenvalue weighted by atomic mass is 16.2. The molecule has 0 radical (unpaired) electrons. The minimum Gasteiger partial charge on any atom is -0.340 e. The summed E-state index contributed by atoms with van der Waals surface area (Å²) < 4.78 is 0. The van der Waals surface area contributed by atoms with E-state index < -0.39 is 0 Å². The van der Waals surface area contributed by atoms with Crippen LogP contribution < -0.4 is 0 Å². The molecule has 3 aliphatic heterocycles. The number of likely N-dealkylation sites (tertiary alicyclic amines) is 3. The van der Waals surface area contributed by atoms with Gasteiger partial charge in [0.2, 0.25) is 11.8 Å². The van der Waals surface area contributed by atoms with E-state index in [4.69, 9.17) is 0 Å². The molecule has 2 bridgehead atoms. The Morgan fingerprint density at radius 1 is 1.20 bits per heavy atom. The molecule has 0 saturated carbocycles. The summed E-state index contributed by atoms with van der Waals surface area (Å²) in [7, 11) is 2.17. The molecule has 2 amide bonds. The van der Waals surface area contributed by atoms with Crippen LogP contribution in [-0.2, 0) is 9.59 Å². The summed E-state index contributed by atoms with van der Waals surface area (Å²) in [4.78, 5) is 30.7. The van der Waals surface area contributed by atoms with Crippen LogP contribution in [0.15, 0.2) is 0 Å². The van der Waals surface area contributed by atoms with Crippen LogP contribution in [0.4, 0.5) is 0 Å². The van der Waals surface area contributed by atoms with Crippen molar-refractivity contribution in [3.63, 3.8) is 0 Å². The van der Waals surface area contributed by atoms with Gasteiger partial charge in [-0.05, 0) is 38.6 Å². The van der Waals surface area contributed by atoms with E-state index in [0.29, 0.717) is 31.2 Å². The second-order valence-corrected chi connectivity index (χ2v) is 6.67. The minimum absolute atomic E-state index is 0.141. The molecule has 20 heavy (non-hydrogen) atoms. The van der Waals surface area contributed by atoms with E-state index in [0.717, 1.165) is 26.2 Å². The number of carbonyl (C=O) groups excluding carboxylic acids is 2. The number of amides is 2. The van der Waals surface area contributed by atoms with Gasteiger partial charge in [0.25, 0.3) is 0 Å². The third-order valence-corrected chi connectivity index (χ3v) is 5.03. The molecule has 112 valence electrons. The van der Waals surface area contributed by atoms with Crippen molar-refractivity contribution in [2.24, 2.45) is 11.8 Å². The molecule has 2 unspecified atom stereocenters. The third kappa shape index (κ3) is 2.43. The van der Waals surface area contributed by atoms with Gasteiger partial charge < -0.3 is 14.7 Å². The van der Waals surface area contributed by atoms with Gasteiger partial charge in [-0.15, -0.1) is 0 Å². The second kappa shape index (κ2) is 5.35. The average molecular weight is 279 g/mol. The molecule has 3 rings (SSSR count). The lowest BCUT2D eigenvalue weighted by atomic mass is 9.84. The van der Waals surface area contributed by atoms with Crippen LogP contribution in [0, 0.1) is 11.8 Å². The quantitative estimate of drug-likeness (QED) is 0.735. The van der Waals surface area contributed by atoms with Crippen molar-refractivity contribution >= 4 is 11.8 Å². The van der Waals surface area contributed by atoms with Gasteiger partial charge in [-0.1, -0.05) is 0 Å². The van der Waals surface area contributed by atoms with Crippen LogP contribution in [0.3, 0.4) is 0 Å². The molecule has 0 aliphatic carbocycles. The van der Waals surface area contributed by atoms with E-state index in [1.165, 1.54) is 6.42 Å². The Labute approximate surface area is 120 Å². The Morgan fingerprint density at radius 2 is 1.85 bits per heavy atom. The van der Waals surface area contributed by atoms with Crippen molar-refractivity contribution in [1.29, 1.82) is 0 Å². The van der Waals surface area contributed by atoms with Gasteiger partial charge in [0.05, 0.1) is 0 Å². The lowest BCUT2D eigenvalue weighted by Gasteiger charge is -2.45. The standard InChI is InChI=1S/C15H25N3O2/c1-3-18-13(4-5-14(18)19)15(20)17-9-11-6-12(10-17)8-16(2)7-11/h11-13H,3-10H2,1-2H3/t11?,12?,13-/m0/s1. The van der Waals surface area contributed by atoms with E-state index >= 15 is 0 Å². The number of hydrogen-bond donors (Lipinski definition) is 0. The van der Waals surface area contributed by atoms with Crippen LogP contribution in [0.25, 0.3) is 0 Å². The highest BCUT2D eigenvalue weighted by Crippen LogP contribution is 2.30. The van der Waals surface area contributed by atoms with Gasteiger partial charge in [0, 0.05) is 39.1 Å². The molecular weight excluding hydrogens is 254 g/mol. The van der Waals surface area contributed by atoms with Crippen LogP contribution in [0.2, 0.25) is 0 Å². The van der Waals surface area contributed by atoms with Crippen molar-refractivity contribution in [2.75, 3.05) is 39.8 Å². The lowest BCUT2D eigenvalue weighted by Crippen LogP contribution is -2.56. The van der Waals surface area contributed by atoms with E-state index in [-0.39, 0.29) is 17.9 Å². The van der Waals surface area contributed by atoms with Crippen molar-refractivity contribution in [1.82, 2.24) is 14.7 Å². The SMILES string of the molecule is CCN1C(=O)CC[C@H]1C(=O)N1CC2CC(CN(C)C2)C1. The lowest BCUT2D eigenvalue weighted by molar-refractivity contribution is -0.144. The van der Waals surface area contributed by atoms with Crippen LogP contribution in [-0.4, -0.2) is 72.3 Å². The predicted octanol–water partition coefficient (Wildman–Crippen LogP) is 0.407. The summed E-state index contributed by atoms with van der Waals surface area (Å²) in [5, 5.41) is 0. The van der Waals surface area contributed by atoms with Gasteiger partial charge in [0.1, 0.15) is 6.04 Å². The molecule has 3 heterocycles. The van der Waals surface area contributed by atoms with Crippen molar-refractivity contribution < 1.29 is 9.59 Å². The topological polar surface area (TPSA) is 43.9 Å². The molecule has 0 aromatic heterocycles. The van der Waals surface area contributed by atoms with Gasteiger partial charge in [0.15, 0.2) is 0 Å². The first kappa shape index (κ1) is 13.9. The normalized spacial score (nSPS) is 34.7. The first-order chi connectivity index (χ1) is 9.58. The van der Waals surface area contributed by atoms with Crippen molar-refractivity contribution in [2.45, 2.75) is 32.2 Å². The summed E-state index contributed by atoms with van der Waals surface area (Å²) in [6.07, 6.45) is 2.50. The Balaban J connectivity index is 1.67. The summed E-state index contributed by atoms with van der Waals surface area (Å²) >= 11 is 0. The number of likely N-dealkylation sites (N-methyl/N-ethyl adjacent to an activating group) is 1. The van der Waals surface area contributed by atoms with E-state index in [2.05, 4.69) is 11.9 Å². The van der Waals surface area contributed by atoms with E-state index in [1.54, 1.807) is 4.90 Å². The van der Waals surface area contributed by atoms with Crippen molar-refractivity contribution in [3.8, 4) is 0 Å². The van der Waals surface area contributed by atoms with Gasteiger partial charge in [-0.3, -0.25) is 9.59 Å². The van der Waals surface area contributed by atoms with Crippen LogP contribution in [0.1, 0.15) is 26.2 Å². The van der Waals surface area contributed by atoms with Crippen LogP contribution >= 0.6 is 0 Å². The highest BCUT2D eigenvalue weighted by molar-refractivity contribution is 5.91. The second-order valence-electron chi connectivity index (χ2n) is 6.67. The molecule has 0 aromatic rings. The fourth-order valence-corrected chi connectivity index (χ4v) is 4.32. The molecule has 0 aromatic carbocycles. The first-order valence-corrected chi connectivity index (χ1v) is 7.85. The smallest absolute Gasteiger partial charge is 0.245 e. The number of hydrogen-bond acceptors (Lipinski definition) is 3. The van der Waals surface area contributed by atoms with Gasteiger partial charge in [-0.25, -0.2) is 0 Å². The number of rotatable bonds is 2. The zero-order valence-corrected chi connectivity index (χ0v) is 12.5. The van der Waals surface area contributed by atoms with Crippen molar-refractivity contribution in [3.05, 3.63) is 0 Å². The molecule has 3 saturated heterocycles. The average Bonchev–Trinajstić information content (AvgIpc) is 2.77. The Kier molecular flexibility index (Phi) is 3.71. The van der Waals surface area contributed by atoms with E-state index in [1.807, 2.05) is 11.8 Å². The Hall–Kier alpha value is -1.10. The van der Waals surface area contributed by atoms with Gasteiger partial charge >= 0.3 is 0 Å². The van der Waals surface area contributed by atoms with E-state index in [9.17, 15) is 9.59 Å². The first-order valence-electron chi connectivity index (χ1n) is 7.85. The maximum absolute atomic E-state index is 12.7. The maximum atomic E-state index is 12.7.